The summed E-state index contributed by atoms with van der Waals surface area (Å²) >= 11 is 0. The van der Waals surface area contributed by atoms with Crippen molar-refractivity contribution < 1.29 is 32.1 Å². The number of hydrogen-bond donors (Lipinski definition) is 1. The molecule has 0 aromatic rings. The first-order valence-corrected chi connectivity index (χ1v) is 2.71. The third kappa shape index (κ3) is 22.9. The Morgan fingerprint density at radius 1 is 1.42 bits per heavy atom. The summed E-state index contributed by atoms with van der Waals surface area (Å²) in [6.07, 6.45) is -6.81. The average Bonchev–Trinajstić information content (AvgIpc) is 1.87. The highest BCUT2D eigenvalue weighted by atomic mass is 19.4. The Morgan fingerprint density at radius 3 is 1.75 bits per heavy atom. The van der Waals surface area contributed by atoms with Crippen molar-refractivity contribution in [3.8, 4) is 0 Å². The van der Waals surface area contributed by atoms with Crippen LogP contribution in [0.2, 0.25) is 0 Å². The van der Waals surface area contributed by atoms with E-state index in [0.717, 1.165) is 6.92 Å². The summed E-state index contributed by atoms with van der Waals surface area (Å²) in [7, 11) is 0. The van der Waals surface area contributed by atoms with Crippen molar-refractivity contribution in [2.24, 2.45) is 0 Å². The first kappa shape index (κ1) is 13.7. The van der Waals surface area contributed by atoms with Crippen LogP contribution in [0, 0.1) is 0 Å². The molecule has 74 valence electrons. The molecule has 0 bridgehead atoms. The molecule has 0 aromatic heterocycles. The van der Waals surface area contributed by atoms with Crippen LogP contribution in [0.1, 0.15) is 13.3 Å². The molecule has 0 aromatic carbocycles. The van der Waals surface area contributed by atoms with Crippen LogP contribution in [0.3, 0.4) is 0 Å². The molecule has 0 atom stereocenters. The minimum Gasteiger partial charge on any atom is -0.342 e. The highest BCUT2D eigenvalue weighted by Gasteiger charge is 2.22. The Labute approximate surface area is 65.2 Å². The van der Waals surface area contributed by atoms with Gasteiger partial charge in [-0.2, -0.15) is 22.0 Å². The molecule has 0 heterocycles. The van der Waals surface area contributed by atoms with Gasteiger partial charge in [-0.3, -0.25) is 0 Å². The molecule has 0 rings (SSSR count). The zero-order valence-corrected chi connectivity index (χ0v) is 6.03. The Hall–Kier alpha value is -0.850. The van der Waals surface area contributed by atoms with Crippen LogP contribution >= 0.6 is 0 Å². The Balaban J connectivity index is 0. The SMILES string of the molecule is CCC(F)(F)F.OOC=C(F)F. The second kappa shape index (κ2) is 6.84. The maximum atomic E-state index is 10.8. The molecule has 0 amide bonds. The standard InChI is InChI=1S/C3H5F3.C2H2F2O2/c1-2-3(4,5)6;3-2(4)1-6-5/h2H2,1H3;1,5H. The minimum absolute atomic E-state index is 0.0694. The molecule has 0 unspecified atom stereocenters. The lowest BCUT2D eigenvalue weighted by molar-refractivity contribution is -0.189. The van der Waals surface area contributed by atoms with Crippen LogP contribution in [0.15, 0.2) is 12.3 Å². The summed E-state index contributed by atoms with van der Waals surface area (Å²) in [6.45, 7) is 1.08. The highest BCUT2D eigenvalue weighted by Crippen LogP contribution is 2.17. The molecular weight excluding hydrogens is 187 g/mol. The number of rotatable bonds is 1. The van der Waals surface area contributed by atoms with E-state index < -0.39 is 18.7 Å². The normalized spacial score (nSPS) is 9.58. The van der Waals surface area contributed by atoms with Crippen molar-refractivity contribution in [1.29, 1.82) is 0 Å². The second-order valence-electron chi connectivity index (χ2n) is 1.48. The van der Waals surface area contributed by atoms with Gasteiger partial charge < -0.3 is 4.89 Å². The Kier molecular flexibility index (Phi) is 7.82. The molecule has 0 spiro atoms. The molecule has 12 heavy (non-hydrogen) atoms. The third-order valence-corrected chi connectivity index (χ3v) is 0.543. The number of alkyl halides is 3. The predicted octanol–water partition coefficient (Wildman–Crippen LogP) is 3.17. The average molecular weight is 194 g/mol. The van der Waals surface area contributed by atoms with Crippen molar-refractivity contribution >= 4 is 0 Å². The third-order valence-electron chi connectivity index (χ3n) is 0.543. The second-order valence-corrected chi connectivity index (χ2v) is 1.48. The molecule has 0 saturated carbocycles. The van der Waals surface area contributed by atoms with Gasteiger partial charge in [0.15, 0.2) is 6.26 Å². The molecule has 0 aliphatic rings. The maximum absolute atomic E-state index is 10.8. The van der Waals surface area contributed by atoms with Gasteiger partial charge in [-0.25, -0.2) is 5.26 Å². The molecule has 2 nitrogen and oxygen atoms in total. The van der Waals surface area contributed by atoms with Crippen LogP contribution in [0.25, 0.3) is 0 Å². The van der Waals surface area contributed by atoms with Crippen molar-refractivity contribution in [1.82, 2.24) is 0 Å². The molecule has 0 saturated heterocycles. The highest BCUT2D eigenvalue weighted by molar-refractivity contribution is 4.67. The van der Waals surface area contributed by atoms with Gasteiger partial charge in [0.25, 0.3) is 0 Å². The monoisotopic (exact) mass is 194 g/mol. The smallest absolute Gasteiger partial charge is 0.342 e. The first-order chi connectivity index (χ1) is 5.33. The molecular formula is C5H7F5O2. The van der Waals surface area contributed by atoms with Crippen LogP contribution in [-0.4, -0.2) is 11.4 Å². The Bertz CT molecular complexity index is 126. The van der Waals surface area contributed by atoms with E-state index >= 15 is 0 Å². The van der Waals surface area contributed by atoms with E-state index in [1.165, 1.54) is 0 Å². The van der Waals surface area contributed by atoms with Crippen LogP contribution < -0.4 is 0 Å². The maximum Gasteiger partial charge on any atom is 0.388 e. The number of hydrogen-bond acceptors (Lipinski definition) is 2. The molecule has 0 fully saturated rings. The summed E-state index contributed by atoms with van der Waals surface area (Å²) in [4.78, 5) is 2.89. The van der Waals surface area contributed by atoms with Crippen molar-refractivity contribution in [3.05, 3.63) is 12.3 Å². The van der Waals surface area contributed by atoms with E-state index in [9.17, 15) is 22.0 Å². The molecule has 1 N–H and O–H groups in total. The zero-order valence-electron chi connectivity index (χ0n) is 6.03. The van der Waals surface area contributed by atoms with Crippen molar-refractivity contribution in [3.63, 3.8) is 0 Å². The van der Waals surface area contributed by atoms with Gasteiger partial charge in [-0.1, -0.05) is 6.92 Å². The van der Waals surface area contributed by atoms with Crippen molar-refractivity contribution in [2.75, 3.05) is 0 Å². The van der Waals surface area contributed by atoms with E-state index in [4.69, 9.17) is 5.26 Å². The van der Waals surface area contributed by atoms with Gasteiger partial charge in [0.05, 0.1) is 0 Å². The summed E-state index contributed by atoms with van der Waals surface area (Å²) in [5, 5.41) is 7.18. The summed E-state index contributed by atoms with van der Waals surface area (Å²) < 4.78 is 53.6. The molecule has 7 heteroatoms. The quantitative estimate of drug-likeness (QED) is 0.300. The topological polar surface area (TPSA) is 29.5 Å². The summed E-state index contributed by atoms with van der Waals surface area (Å²) in [5.74, 6) is 0. The fourth-order valence-electron chi connectivity index (χ4n) is 0.0398. The van der Waals surface area contributed by atoms with Gasteiger partial charge in [0, 0.05) is 6.42 Å². The van der Waals surface area contributed by atoms with Gasteiger partial charge >= 0.3 is 12.3 Å². The molecule has 0 radical (unpaired) electrons. The van der Waals surface area contributed by atoms with Gasteiger partial charge in [-0.05, 0) is 0 Å². The lowest BCUT2D eigenvalue weighted by Crippen LogP contribution is -2.02. The lowest BCUT2D eigenvalue weighted by atomic mass is 10.5. The largest absolute Gasteiger partial charge is 0.388 e. The van der Waals surface area contributed by atoms with E-state index in [1.807, 2.05) is 0 Å². The van der Waals surface area contributed by atoms with E-state index in [1.54, 1.807) is 0 Å². The van der Waals surface area contributed by atoms with Crippen LogP contribution in [0.4, 0.5) is 22.0 Å². The van der Waals surface area contributed by atoms with Gasteiger partial charge in [-0.15, -0.1) is 0 Å². The Morgan fingerprint density at radius 2 is 1.75 bits per heavy atom. The fraction of sp³-hybridized carbons (Fsp3) is 0.600. The van der Waals surface area contributed by atoms with Gasteiger partial charge in [0.1, 0.15) is 0 Å². The van der Waals surface area contributed by atoms with Crippen LogP contribution in [0.5, 0.6) is 0 Å². The summed E-state index contributed by atoms with van der Waals surface area (Å²) in [5.41, 5.74) is 0. The predicted molar refractivity (Wildman–Crippen MR) is 30.4 cm³/mol. The van der Waals surface area contributed by atoms with E-state index in [-0.39, 0.29) is 6.26 Å². The van der Waals surface area contributed by atoms with Crippen molar-refractivity contribution in [2.45, 2.75) is 19.5 Å². The first-order valence-electron chi connectivity index (χ1n) is 2.71. The lowest BCUT2D eigenvalue weighted by Gasteiger charge is -1.96. The van der Waals surface area contributed by atoms with E-state index in [2.05, 4.69) is 4.89 Å². The molecule has 0 aliphatic carbocycles. The van der Waals surface area contributed by atoms with Gasteiger partial charge in [0.2, 0.25) is 0 Å². The fourth-order valence-corrected chi connectivity index (χ4v) is 0.0398. The summed E-state index contributed by atoms with van der Waals surface area (Å²) in [6, 6.07) is 0. The zero-order chi connectivity index (χ0) is 10.2. The van der Waals surface area contributed by atoms with Crippen LogP contribution in [-0.2, 0) is 4.89 Å². The molecule has 0 aliphatic heterocycles. The van der Waals surface area contributed by atoms with E-state index in [0.29, 0.717) is 0 Å². The number of halogens is 5. The minimum atomic E-state index is -3.96.